The van der Waals surface area contributed by atoms with Gasteiger partial charge in [-0.05, 0) is 98.7 Å². The molecule has 0 fully saturated rings. The van der Waals surface area contributed by atoms with E-state index in [0.29, 0.717) is 5.89 Å². The number of benzene rings is 8. The maximum Gasteiger partial charge on any atom is 0.227 e. The highest BCUT2D eigenvalue weighted by Gasteiger charge is 2.17. The molecule has 0 N–H and O–H groups in total. The average Bonchev–Trinajstić information content (AvgIpc) is 3.58. The van der Waals surface area contributed by atoms with E-state index in [1.54, 1.807) is 0 Å². The van der Waals surface area contributed by atoms with E-state index < -0.39 is 0 Å². The van der Waals surface area contributed by atoms with Crippen LogP contribution < -0.4 is 4.90 Å². The van der Waals surface area contributed by atoms with Crippen molar-refractivity contribution >= 4 is 60.5 Å². The van der Waals surface area contributed by atoms with Crippen molar-refractivity contribution < 1.29 is 4.42 Å². The van der Waals surface area contributed by atoms with Gasteiger partial charge in [0.25, 0.3) is 0 Å². The van der Waals surface area contributed by atoms with Gasteiger partial charge in [-0.3, -0.25) is 0 Å². The zero-order chi connectivity index (χ0) is 30.5. The monoisotopic (exact) mass is 588 g/mol. The van der Waals surface area contributed by atoms with E-state index in [0.717, 1.165) is 44.5 Å². The molecule has 0 radical (unpaired) electrons. The molecule has 1 aromatic heterocycles. The Morgan fingerprint density at radius 3 is 1.85 bits per heavy atom. The van der Waals surface area contributed by atoms with E-state index >= 15 is 0 Å². The lowest BCUT2D eigenvalue weighted by Crippen LogP contribution is -2.09. The number of oxazole rings is 1. The second-order valence-corrected chi connectivity index (χ2v) is 11.6. The number of nitrogens with zero attached hydrogens (tertiary/aromatic N) is 2. The maximum absolute atomic E-state index is 6.41. The Bertz CT molecular complexity index is 2520. The van der Waals surface area contributed by atoms with Gasteiger partial charge in [0.15, 0.2) is 5.58 Å². The highest BCUT2D eigenvalue weighted by Crippen LogP contribution is 2.40. The summed E-state index contributed by atoms with van der Waals surface area (Å²) in [6.07, 6.45) is 0. The maximum atomic E-state index is 6.41. The number of rotatable bonds is 5. The molecule has 0 saturated carbocycles. The molecule has 0 unspecified atom stereocenters. The van der Waals surface area contributed by atoms with Gasteiger partial charge in [0.2, 0.25) is 5.89 Å². The number of hydrogen-bond donors (Lipinski definition) is 0. The Morgan fingerprint density at radius 1 is 0.413 bits per heavy atom. The summed E-state index contributed by atoms with van der Waals surface area (Å²) in [6, 6.07) is 59.9. The van der Waals surface area contributed by atoms with Crippen molar-refractivity contribution in [2.24, 2.45) is 0 Å². The molecule has 0 aliphatic rings. The van der Waals surface area contributed by atoms with Gasteiger partial charge in [-0.15, -0.1) is 0 Å². The largest absolute Gasteiger partial charge is 0.435 e. The summed E-state index contributed by atoms with van der Waals surface area (Å²) < 4.78 is 6.41. The van der Waals surface area contributed by atoms with Crippen LogP contribution in [0.3, 0.4) is 0 Å². The molecular formula is C43H28N2O. The van der Waals surface area contributed by atoms with Crippen molar-refractivity contribution in [3.8, 4) is 22.6 Å². The van der Waals surface area contributed by atoms with Gasteiger partial charge in [0, 0.05) is 28.0 Å². The van der Waals surface area contributed by atoms with Crippen LogP contribution in [0.5, 0.6) is 0 Å². The minimum atomic E-state index is 0.630. The van der Waals surface area contributed by atoms with E-state index in [9.17, 15) is 0 Å². The summed E-state index contributed by atoms with van der Waals surface area (Å²) in [6.45, 7) is 0. The molecule has 46 heavy (non-hydrogen) atoms. The van der Waals surface area contributed by atoms with Crippen molar-refractivity contribution in [2.75, 3.05) is 4.90 Å². The van der Waals surface area contributed by atoms with Crippen molar-refractivity contribution in [1.29, 1.82) is 0 Å². The number of fused-ring (bicyclic) bond motifs is 6. The van der Waals surface area contributed by atoms with Crippen LogP contribution in [0.15, 0.2) is 174 Å². The molecule has 0 aliphatic heterocycles. The number of aromatic nitrogens is 1. The Morgan fingerprint density at radius 2 is 1.04 bits per heavy atom. The summed E-state index contributed by atoms with van der Waals surface area (Å²) >= 11 is 0. The first kappa shape index (κ1) is 26.2. The first-order chi connectivity index (χ1) is 22.8. The quantitative estimate of drug-likeness (QED) is 0.187. The predicted octanol–water partition coefficient (Wildman–Crippen LogP) is 12.1. The molecule has 0 spiro atoms. The zero-order valence-corrected chi connectivity index (χ0v) is 25.0. The third kappa shape index (κ3) is 4.41. The van der Waals surface area contributed by atoms with E-state index in [-0.39, 0.29) is 0 Å². The Hall–Kier alpha value is -6.19. The fourth-order valence-electron chi connectivity index (χ4n) is 6.64. The molecule has 0 bridgehead atoms. The lowest BCUT2D eigenvalue weighted by atomic mass is 9.93. The third-order valence-corrected chi connectivity index (χ3v) is 8.85. The summed E-state index contributed by atoms with van der Waals surface area (Å²) in [5.74, 6) is 0.630. The summed E-state index contributed by atoms with van der Waals surface area (Å²) in [4.78, 5) is 7.12. The summed E-state index contributed by atoms with van der Waals surface area (Å²) in [5, 5.41) is 7.20. The Balaban J connectivity index is 1.18. The highest BCUT2D eigenvalue weighted by molar-refractivity contribution is 6.14. The minimum Gasteiger partial charge on any atom is -0.435 e. The molecule has 0 atom stereocenters. The van der Waals surface area contributed by atoms with Crippen molar-refractivity contribution in [1.82, 2.24) is 4.98 Å². The van der Waals surface area contributed by atoms with E-state index in [1.807, 2.05) is 36.4 Å². The molecule has 9 rings (SSSR count). The van der Waals surface area contributed by atoms with Crippen LogP contribution in [0.1, 0.15) is 0 Å². The molecule has 0 aliphatic carbocycles. The van der Waals surface area contributed by atoms with Crippen LogP contribution >= 0.6 is 0 Å². The minimum absolute atomic E-state index is 0.630. The van der Waals surface area contributed by atoms with Crippen LogP contribution in [-0.2, 0) is 0 Å². The number of para-hydroxylation sites is 1. The summed E-state index contributed by atoms with van der Waals surface area (Å²) in [5.41, 5.74) is 8.25. The fraction of sp³-hybridized carbons (Fsp3) is 0. The van der Waals surface area contributed by atoms with Gasteiger partial charge < -0.3 is 9.32 Å². The van der Waals surface area contributed by atoms with E-state index in [1.165, 1.54) is 32.7 Å². The molecule has 0 saturated heterocycles. The SMILES string of the molecule is c1ccc(-c2nc3ccc4ccc(N(c5ccccc5)c5ccc(-c6cc7ccccc7c7ccccc67)cc5)cc4c3o2)cc1. The molecule has 8 aromatic carbocycles. The Kier molecular flexibility index (Phi) is 6.14. The van der Waals surface area contributed by atoms with Gasteiger partial charge in [0.05, 0.1) is 0 Å². The lowest BCUT2D eigenvalue weighted by molar-refractivity contribution is 0.623. The van der Waals surface area contributed by atoms with Gasteiger partial charge >= 0.3 is 0 Å². The van der Waals surface area contributed by atoms with Crippen molar-refractivity contribution in [3.63, 3.8) is 0 Å². The molecule has 0 amide bonds. The van der Waals surface area contributed by atoms with E-state index in [2.05, 4.69) is 138 Å². The van der Waals surface area contributed by atoms with Gasteiger partial charge in [-0.2, -0.15) is 0 Å². The predicted molar refractivity (Wildman–Crippen MR) is 192 cm³/mol. The second kappa shape index (κ2) is 10.8. The van der Waals surface area contributed by atoms with Crippen LogP contribution in [0.4, 0.5) is 17.1 Å². The average molecular weight is 589 g/mol. The molecule has 3 heteroatoms. The number of anilines is 3. The molecule has 216 valence electrons. The zero-order valence-electron chi connectivity index (χ0n) is 25.0. The molecule has 9 aromatic rings. The standard InChI is InChI=1S/C43H28N2O/c1-3-11-31(12-4-1)43-44-41-26-22-30-21-25-35(28-40(30)42(41)46-43)45(33-14-5-2-6-15-33)34-23-19-29(20-24-34)39-27-32-13-7-8-16-36(32)37-17-9-10-18-38(37)39/h1-28H. The second-order valence-electron chi connectivity index (χ2n) is 11.6. The van der Waals surface area contributed by atoms with Crippen LogP contribution in [0.25, 0.3) is 66.0 Å². The van der Waals surface area contributed by atoms with Crippen molar-refractivity contribution in [3.05, 3.63) is 170 Å². The molecule has 1 heterocycles. The van der Waals surface area contributed by atoms with Gasteiger partial charge in [-0.1, -0.05) is 109 Å². The van der Waals surface area contributed by atoms with Crippen LogP contribution in [0, 0.1) is 0 Å². The van der Waals surface area contributed by atoms with Crippen LogP contribution in [-0.4, -0.2) is 4.98 Å². The normalized spacial score (nSPS) is 11.5. The third-order valence-electron chi connectivity index (χ3n) is 8.85. The summed E-state index contributed by atoms with van der Waals surface area (Å²) in [7, 11) is 0. The number of hydrogen-bond acceptors (Lipinski definition) is 3. The first-order valence-corrected chi connectivity index (χ1v) is 15.5. The van der Waals surface area contributed by atoms with Crippen molar-refractivity contribution in [2.45, 2.75) is 0 Å². The fourth-order valence-corrected chi connectivity index (χ4v) is 6.64. The lowest BCUT2D eigenvalue weighted by Gasteiger charge is -2.26. The van der Waals surface area contributed by atoms with Gasteiger partial charge in [0.1, 0.15) is 5.52 Å². The smallest absolute Gasteiger partial charge is 0.227 e. The molecular weight excluding hydrogens is 560 g/mol. The topological polar surface area (TPSA) is 29.3 Å². The van der Waals surface area contributed by atoms with Crippen LogP contribution in [0.2, 0.25) is 0 Å². The molecule has 3 nitrogen and oxygen atoms in total. The van der Waals surface area contributed by atoms with E-state index in [4.69, 9.17) is 9.40 Å². The first-order valence-electron chi connectivity index (χ1n) is 15.5. The Labute approximate surface area is 266 Å². The van der Waals surface area contributed by atoms with Gasteiger partial charge in [-0.25, -0.2) is 4.98 Å². The highest BCUT2D eigenvalue weighted by atomic mass is 16.3.